The van der Waals surface area contributed by atoms with E-state index < -0.39 is 5.97 Å². The van der Waals surface area contributed by atoms with E-state index in [-0.39, 0.29) is 5.69 Å². The Morgan fingerprint density at radius 3 is 2.38 bits per heavy atom. The summed E-state index contributed by atoms with van der Waals surface area (Å²) in [6, 6.07) is 9.12. The van der Waals surface area contributed by atoms with Gasteiger partial charge in [0, 0.05) is 0 Å². The highest BCUT2D eigenvalue weighted by Crippen LogP contribution is 2.35. The number of esters is 1. The molecule has 2 aromatic rings. The lowest BCUT2D eigenvalue weighted by atomic mass is 10.1. The number of hydrogen-bond donors (Lipinski definition) is 1. The molecule has 2 rings (SSSR count). The van der Waals surface area contributed by atoms with E-state index in [0.717, 1.165) is 22.4 Å². The number of anilines is 1. The molecule has 0 heterocycles. The molecule has 0 saturated carbocycles. The maximum Gasteiger partial charge on any atom is 0.340 e. The molecule has 0 aliphatic rings. The minimum atomic E-state index is -0.476. The molecule has 0 aromatic heterocycles. The Hall–Kier alpha value is -2.49. The maximum absolute atomic E-state index is 11.7. The van der Waals surface area contributed by atoms with Gasteiger partial charge < -0.3 is 15.2 Å². The van der Waals surface area contributed by atoms with Crippen LogP contribution in [0.3, 0.4) is 0 Å². The van der Waals surface area contributed by atoms with Crippen molar-refractivity contribution in [2.75, 3.05) is 12.8 Å². The zero-order valence-corrected chi connectivity index (χ0v) is 12.7. The normalized spacial score (nSPS) is 10.3. The topological polar surface area (TPSA) is 61.5 Å². The summed E-state index contributed by atoms with van der Waals surface area (Å²) in [5.74, 6) is 0.744. The maximum atomic E-state index is 11.7. The van der Waals surface area contributed by atoms with Crippen molar-refractivity contribution in [3.63, 3.8) is 0 Å². The van der Waals surface area contributed by atoms with E-state index in [1.165, 1.54) is 7.11 Å². The number of rotatable bonds is 3. The molecule has 0 aliphatic heterocycles. The van der Waals surface area contributed by atoms with Crippen molar-refractivity contribution in [1.29, 1.82) is 0 Å². The molecule has 0 aliphatic carbocycles. The Kier molecular flexibility index (Phi) is 4.17. The van der Waals surface area contributed by atoms with Crippen LogP contribution in [0.15, 0.2) is 30.3 Å². The van der Waals surface area contributed by atoms with E-state index in [0.29, 0.717) is 11.3 Å². The summed E-state index contributed by atoms with van der Waals surface area (Å²) in [4.78, 5) is 11.7. The molecule has 4 heteroatoms. The van der Waals surface area contributed by atoms with Gasteiger partial charge in [0.05, 0.1) is 18.4 Å². The molecular formula is C17H19NO3. The Bertz CT molecular complexity index is 693. The van der Waals surface area contributed by atoms with Crippen LogP contribution in [-0.4, -0.2) is 13.1 Å². The second kappa shape index (κ2) is 5.87. The number of methoxy groups -OCH3 is 1. The van der Waals surface area contributed by atoms with Crippen molar-refractivity contribution in [1.82, 2.24) is 0 Å². The summed E-state index contributed by atoms with van der Waals surface area (Å²) < 4.78 is 10.7. The fourth-order valence-corrected chi connectivity index (χ4v) is 2.11. The zero-order valence-electron chi connectivity index (χ0n) is 12.7. The van der Waals surface area contributed by atoms with Crippen molar-refractivity contribution in [2.24, 2.45) is 0 Å². The van der Waals surface area contributed by atoms with Gasteiger partial charge in [-0.15, -0.1) is 0 Å². The molecule has 110 valence electrons. The van der Waals surface area contributed by atoms with Crippen LogP contribution in [-0.2, 0) is 4.74 Å². The fourth-order valence-electron chi connectivity index (χ4n) is 2.11. The summed E-state index contributed by atoms with van der Waals surface area (Å²) >= 11 is 0. The minimum absolute atomic E-state index is 0.282. The summed E-state index contributed by atoms with van der Waals surface area (Å²) in [5.41, 5.74) is 9.81. The number of carbonyl (C=O) groups excluding carboxylic acids is 1. The third-order valence-electron chi connectivity index (χ3n) is 3.56. The first kappa shape index (κ1) is 14.9. The van der Waals surface area contributed by atoms with Gasteiger partial charge in [-0.3, -0.25) is 0 Å². The number of carbonyl (C=O) groups is 1. The van der Waals surface area contributed by atoms with Crippen LogP contribution >= 0.6 is 0 Å². The lowest BCUT2D eigenvalue weighted by Gasteiger charge is -2.16. The highest BCUT2D eigenvalue weighted by atomic mass is 16.5. The number of para-hydroxylation sites is 1. The van der Waals surface area contributed by atoms with Crippen LogP contribution in [0.4, 0.5) is 5.69 Å². The number of hydrogen-bond acceptors (Lipinski definition) is 4. The molecule has 0 spiro atoms. The van der Waals surface area contributed by atoms with E-state index in [9.17, 15) is 4.79 Å². The molecule has 0 unspecified atom stereocenters. The van der Waals surface area contributed by atoms with Gasteiger partial charge in [-0.2, -0.15) is 0 Å². The molecule has 0 radical (unpaired) electrons. The summed E-state index contributed by atoms with van der Waals surface area (Å²) in [5, 5.41) is 0. The van der Waals surface area contributed by atoms with Crippen LogP contribution in [0.2, 0.25) is 0 Å². The highest BCUT2D eigenvalue weighted by Gasteiger charge is 2.15. The third kappa shape index (κ3) is 2.84. The molecule has 2 aromatic carbocycles. The quantitative estimate of drug-likeness (QED) is 0.688. The molecule has 0 saturated heterocycles. The van der Waals surface area contributed by atoms with Gasteiger partial charge in [0.1, 0.15) is 5.75 Å². The molecule has 2 N–H and O–H groups in total. The van der Waals surface area contributed by atoms with Gasteiger partial charge in [0.25, 0.3) is 0 Å². The standard InChI is InChI=1S/C17H19NO3/c1-10-8-9-11(2)16(12(10)3)21-14-7-5-6-13(15(14)18)17(19)20-4/h5-9H,18H2,1-4H3. The SMILES string of the molecule is COC(=O)c1cccc(Oc2c(C)ccc(C)c2C)c1N. The first-order chi connectivity index (χ1) is 9.95. The van der Waals surface area contributed by atoms with Gasteiger partial charge in [0.2, 0.25) is 0 Å². The zero-order chi connectivity index (χ0) is 15.6. The highest BCUT2D eigenvalue weighted by molar-refractivity contribution is 5.96. The van der Waals surface area contributed by atoms with Crippen LogP contribution in [0.25, 0.3) is 0 Å². The van der Waals surface area contributed by atoms with E-state index >= 15 is 0 Å². The van der Waals surface area contributed by atoms with Crippen LogP contribution in [0.5, 0.6) is 11.5 Å². The summed E-state index contributed by atoms with van der Waals surface area (Å²) in [6.07, 6.45) is 0. The van der Waals surface area contributed by atoms with Crippen molar-refractivity contribution in [3.05, 3.63) is 52.6 Å². The smallest absolute Gasteiger partial charge is 0.340 e. The number of aryl methyl sites for hydroxylation is 2. The van der Waals surface area contributed by atoms with E-state index in [1.54, 1.807) is 18.2 Å². The number of nitrogen functional groups attached to an aromatic ring is 1. The lowest BCUT2D eigenvalue weighted by molar-refractivity contribution is 0.0601. The number of benzene rings is 2. The third-order valence-corrected chi connectivity index (χ3v) is 3.56. The molecule has 4 nitrogen and oxygen atoms in total. The minimum Gasteiger partial charge on any atom is -0.465 e. The molecule has 0 bridgehead atoms. The first-order valence-electron chi connectivity index (χ1n) is 6.67. The lowest BCUT2D eigenvalue weighted by Crippen LogP contribution is -2.07. The van der Waals surface area contributed by atoms with Gasteiger partial charge in [-0.05, 0) is 49.6 Å². The summed E-state index contributed by atoms with van der Waals surface area (Å²) in [7, 11) is 1.32. The van der Waals surface area contributed by atoms with Crippen LogP contribution in [0.1, 0.15) is 27.0 Å². The van der Waals surface area contributed by atoms with E-state index in [4.69, 9.17) is 15.2 Å². The van der Waals surface area contributed by atoms with Gasteiger partial charge in [0.15, 0.2) is 5.75 Å². The second-order valence-corrected chi connectivity index (χ2v) is 4.96. The molecule has 0 amide bonds. The van der Waals surface area contributed by atoms with Crippen LogP contribution < -0.4 is 10.5 Å². The van der Waals surface area contributed by atoms with Crippen molar-refractivity contribution in [3.8, 4) is 11.5 Å². The second-order valence-electron chi connectivity index (χ2n) is 4.96. The van der Waals surface area contributed by atoms with Gasteiger partial charge in [-0.1, -0.05) is 18.2 Å². The van der Waals surface area contributed by atoms with Gasteiger partial charge in [-0.25, -0.2) is 4.79 Å². The molecule has 21 heavy (non-hydrogen) atoms. The predicted molar refractivity (Wildman–Crippen MR) is 82.9 cm³/mol. The van der Waals surface area contributed by atoms with Gasteiger partial charge >= 0.3 is 5.97 Å². The molecule has 0 fully saturated rings. The van der Waals surface area contributed by atoms with Crippen LogP contribution in [0, 0.1) is 20.8 Å². The van der Waals surface area contributed by atoms with E-state index in [1.807, 2.05) is 32.9 Å². The summed E-state index contributed by atoms with van der Waals surface area (Å²) in [6.45, 7) is 6.00. The Balaban J connectivity index is 2.46. The Labute approximate surface area is 124 Å². The largest absolute Gasteiger partial charge is 0.465 e. The molecular weight excluding hydrogens is 266 g/mol. The van der Waals surface area contributed by atoms with Crippen molar-refractivity contribution >= 4 is 11.7 Å². The van der Waals surface area contributed by atoms with E-state index in [2.05, 4.69) is 0 Å². The Morgan fingerprint density at radius 1 is 1.05 bits per heavy atom. The first-order valence-corrected chi connectivity index (χ1v) is 6.67. The monoisotopic (exact) mass is 285 g/mol. The average Bonchev–Trinajstić information content (AvgIpc) is 2.48. The number of nitrogens with two attached hydrogens (primary N) is 1. The fraction of sp³-hybridized carbons (Fsp3) is 0.235. The van der Waals surface area contributed by atoms with Crippen molar-refractivity contribution in [2.45, 2.75) is 20.8 Å². The predicted octanol–water partition coefficient (Wildman–Crippen LogP) is 3.77. The van der Waals surface area contributed by atoms with Crippen molar-refractivity contribution < 1.29 is 14.3 Å². The average molecular weight is 285 g/mol. The Morgan fingerprint density at radius 2 is 1.71 bits per heavy atom. The molecule has 0 atom stereocenters. The number of ether oxygens (including phenoxy) is 2.